The Morgan fingerprint density at radius 3 is 2.58 bits per heavy atom. The van der Waals surface area contributed by atoms with Crippen LogP contribution in [0, 0.1) is 5.92 Å². The van der Waals surface area contributed by atoms with E-state index in [1.54, 1.807) is 12.1 Å². The zero-order valence-electron chi connectivity index (χ0n) is 15.7. The zero-order chi connectivity index (χ0) is 18.3. The lowest BCUT2D eigenvalue weighted by Crippen LogP contribution is -2.46. The molecule has 4 rings (SSSR count). The molecule has 1 aromatic heterocycles. The van der Waals surface area contributed by atoms with E-state index >= 15 is 0 Å². The first-order valence-corrected chi connectivity index (χ1v) is 9.88. The van der Waals surface area contributed by atoms with E-state index in [0.29, 0.717) is 12.5 Å². The molecule has 0 amide bonds. The van der Waals surface area contributed by atoms with Crippen molar-refractivity contribution in [2.75, 3.05) is 13.1 Å². The number of carbonyl (C=O) groups excluding carboxylic acids is 1. The number of esters is 1. The van der Waals surface area contributed by atoms with E-state index in [4.69, 9.17) is 4.74 Å². The summed E-state index contributed by atoms with van der Waals surface area (Å²) in [7, 11) is 0. The molecule has 3 aliphatic rings. The Labute approximate surface area is 154 Å². The molecule has 1 saturated carbocycles. The Morgan fingerprint density at radius 2 is 1.81 bits per heavy atom. The third kappa shape index (κ3) is 2.97. The fraction of sp³-hybridized carbons (Fsp3) is 0.619. The molecule has 0 N–H and O–H groups in total. The maximum atomic E-state index is 12.3. The van der Waals surface area contributed by atoms with Gasteiger partial charge in [0.05, 0.1) is 5.70 Å². The van der Waals surface area contributed by atoms with Gasteiger partial charge in [0.15, 0.2) is 5.60 Å². The Bertz CT molecular complexity index is 789. The minimum absolute atomic E-state index is 0.0805. The summed E-state index contributed by atoms with van der Waals surface area (Å²) in [4.78, 5) is 26.8. The van der Waals surface area contributed by atoms with Gasteiger partial charge in [0.2, 0.25) is 0 Å². The van der Waals surface area contributed by atoms with E-state index in [1.165, 1.54) is 6.42 Å². The van der Waals surface area contributed by atoms with E-state index < -0.39 is 5.60 Å². The zero-order valence-corrected chi connectivity index (χ0v) is 15.7. The van der Waals surface area contributed by atoms with Crippen LogP contribution in [0.1, 0.15) is 57.6 Å². The minimum Gasteiger partial charge on any atom is -0.449 e. The van der Waals surface area contributed by atoms with Gasteiger partial charge in [-0.15, -0.1) is 0 Å². The molecule has 3 heterocycles. The molecule has 0 saturated heterocycles. The van der Waals surface area contributed by atoms with Crippen molar-refractivity contribution in [3.05, 3.63) is 46.0 Å². The van der Waals surface area contributed by atoms with E-state index in [0.717, 1.165) is 50.2 Å². The summed E-state index contributed by atoms with van der Waals surface area (Å²) in [6, 6.07) is 5.56. The fourth-order valence-corrected chi connectivity index (χ4v) is 4.98. The highest BCUT2D eigenvalue weighted by atomic mass is 16.6. The normalized spacial score (nSPS) is 28.2. The number of ether oxygens (including phenoxy) is 1. The van der Waals surface area contributed by atoms with Gasteiger partial charge in [0.25, 0.3) is 5.56 Å². The number of carbonyl (C=O) groups is 1. The minimum atomic E-state index is -0.412. The van der Waals surface area contributed by atoms with Gasteiger partial charge in [0, 0.05) is 43.4 Å². The maximum absolute atomic E-state index is 12.3. The molecule has 2 atom stereocenters. The van der Waals surface area contributed by atoms with Gasteiger partial charge < -0.3 is 14.2 Å². The van der Waals surface area contributed by atoms with Crippen molar-refractivity contribution >= 4 is 5.97 Å². The Kier molecular flexibility index (Phi) is 4.41. The van der Waals surface area contributed by atoms with Crippen LogP contribution >= 0.6 is 0 Å². The summed E-state index contributed by atoms with van der Waals surface area (Å²) in [5.74, 6) is 0.341. The molecular weight excluding hydrogens is 328 g/mol. The summed E-state index contributed by atoms with van der Waals surface area (Å²) in [6.07, 6.45) is 7.03. The molecule has 2 unspecified atom stereocenters. The van der Waals surface area contributed by atoms with Crippen molar-refractivity contribution in [1.82, 2.24) is 9.47 Å². The predicted octanol–water partition coefficient (Wildman–Crippen LogP) is 3.05. The molecule has 26 heavy (non-hydrogen) atoms. The Balaban J connectivity index is 1.68. The number of rotatable bonds is 1. The molecule has 0 aromatic carbocycles. The van der Waals surface area contributed by atoms with Crippen LogP contribution in [0.3, 0.4) is 0 Å². The number of hydrogen-bond donors (Lipinski definition) is 0. The lowest BCUT2D eigenvalue weighted by atomic mass is 9.81. The first kappa shape index (κ1) is 17.4. The number of nitrogens with zero attached hydrogens (tertiary/aromatic N) is 2. The fourth-order valence-electron chi connectivity index (χ4n) is 4.98. The summed E-state index contributed by atoms with van der Waals surface area (Å²) in [5, 5.41) is 0. The lowest BCUT2D eigenvalue weighted by molar-refractivity contribution is -0.149. The van der Waals surface area contributed by atoms with Crippen molar-refractivity contribution < 1.29 is 9.53 Å². The van der Waals surface area contributed by atoms with E-state index in [2.05, 4.69) is 24.8 Å². The molecule has 2 aliphatic heterocycles. The standard InChI is InChI=1S/C21H28N2O3/c1-15-12-22(14-16(2)17-7-6-8-19(24)23(17)13-15)18-11-20(25)26-21(18)9-4-3-5-10-21/h6-8,11,15-16H,3-5,9-10,12-14H2,1-2H3. The van der Waals surface area contributed by atoms with E-state index in [1.807, 2.05) is 10.6 Å². The highest BCUT2D eigenvalue weighted by molar-refractivity contribution is 5.86. The topological polar surface area (TPSA) is 51.5 Å². The maximum Gasteiger partial charge on any atom is 0.333 e. The van der Waals surface area contributed by atoms with Crippen LogP contribution in [0.5, 0.6) is 0 Å². The summed E-state index contributed by atoms with van der Waals surface area (Å²) in [5.41, 5.74) is 1.83. The molecular formula is C21H28N2O3. The van der Waals surface area contributed by atoms with Crippen molar-refractivity contribution in [3.63, 3.8) is 0 Å². The largest absolute Gasteiger partial charge is 0.449 e. The summed E-state index contributed by atoms with van der Waals surface area (Å²) < 4.78 is 7.78. The van der Waals surface area contributed by atoms with E-state index in [-0.39, 0.29) is 17.4 Å². The average Bonchev–Trinajstić information content (AvgIpc) is 2.91. The third-order valence-corrected chi connectivity index (χ3v) is 6.13. The van der Waals surface area contributed by atoms with Crippen LogP contribution in [0.15, 0.2) is 34.8 Å². The van der Waals surface area contributed by atoms with Crippen molar-refractivity contribution in [1.29, 1.82) is 0 Å². The first-order valence-electron chi connectivity index (χ1n) is 9.88. The summed E-state index contributed by atoms with van der Waals surface area (Å²) in [6.45, 7) is 6.70. The second-order valence-electron chi connectivity index (χ2n) is 8.32. The van der Waals surface area contributed by atoms with Gasteiger partial charge in [-0.3, -0.25) is 4.79 Å². The number of hydrogen-bond acceptors (Lipinski definition) is 4. The van der Waals surface area contributed by atoms with Crippen molar-refractivity contribution in [2.45, 2.75) is 64.0 Å². The van der Waals surface area contributed by atoms with Crippen LogP contribution in [0.2, 0.25) is 0 Å². The molecule has 1 aliphatic carbocycles. The predicted molar refractivity (Wildman–Crippen MR) is 99.8 cm³/mol. The molecule has 5 heteroatoms. The van der Waals surface area contributed by atoms with Crippen LogP contribution in [-0.4, -0.2) is 34.1 Å². The number of aromatic nitrogens is 1. The van der Waals surface area contributed by atoms with Crippen LogP contribution in [0.25, 0.3) is 0 Å². The molecule has 1 spiro atoms. The first-order chi connectivity index (χ1) is 12.5. The molecule has 0 bridgehead atoms. The van der Waals surface area contributed by atoms with Gasteiger partial charge in [0.1, 0.15) is 0 Å². The highest BCUT2D eigenvalue weighted by Gasteiger charge is 2.46. The average molecular weight is 356 g/mol. The van der Waals surface area contributed by atoms with Crippen molar-refractivity contribution in [3.8, 4) is 0 Å². The number of fused-ring (bicyclic) bond motifs is 1. The molecule has 140 valence electrons. The van der Waals surface area contributed by atoms with Gasteiger partial charge >= 0.3 is 5.97 Å². The smallest absolute Gasteiger partial charge is 0.333 e. The van der Waals surface area contributed by atoms with Gasteiger partial charge in [-0.2, -0.15) is 0 Å². The third-order valence-electron chi connectivity index (χ3n) is 6.13. The molecule has 1 fully saturated rings. The van der Waals surface area contributed by atoms with Gasteiger partial charge in [-0.05, 0) is 37.7 Å². The second kappa shape index (κ2) is 6.60. The molecule has 1 aromatic rings. The van der Waals surface area contributed by atoms with Crippen LogP contribution < -0.4 is 5.56 Å². The SMILES string of the molecule is CC1CN(C2=CC(=O)OC23CCCCC3)CC(C)c2cccc(=O)n2C1. The Hall–Kier alpha value is -2.04. The monoisotopic (exact) mass is 356 g/mol. The number of pyridine rings is 1. The Morgan fingerprint density at radius 1 is 1.04 bits per heavy atom. The van der Waals surface area contributed by atoms with Gasteiger partial charge in [-0.1, -0.05) is 26.3 Å². The van der Waals surface area contributed by atoms with E-state index in [9.17, 15) is 9.59 Å². The lowest BCUT2D eigenvalue weighted by Gasteiger charge is -2.42. The summed E-state index contributed by atoms with van der Waals surface area (Å²) >= 11 is 0. The quantitative estimate of drug-likeness (QED) is 0.726. The molecule has 0 radical (unpaired) electrons. The second-order valence-corrected chi connectivity index (χ2v) is 8.32. The highest BCUT2D eigenvalue weighted by Crippen LogP contribution is 2.43. The van der Waals surface area contributed by atoms with Gasteiger partial charge in [-0.25, -0.2) is 4.79 Å². The van der Waals surface area contributed by atoms with Crippen molar-refractivity contribution in [2.24, 2.45) is 5.92 Å². The van der Waals surface area contributed by atoms with Crippen LogP contribution in [0.4, 0.5) is 0 Å². The van der Waals surface area contributed by atoms with Crippen LogP contribution in [-0.2, 0) is 16.1 Å². The molecule has 5 nitrogen and oxygen atoms in total.